The van der Waals surface area contributed by atoms with Gasteiger partial charge in [0.05, 0.1) is 18.6 Å². The molecule has 0 fully saturated rings. The van der Waals surface area contributed by atoms with Crippen molar-refractivity contribution < 1.29 is 29.2 Å². The first-order valence-corrected chi connectivity index (χ1v) is 10.8. The Hall–Kier alpha value is -2.96. The summed E-state index contributed by atoms with van der Waals surface area (Å²) in [5.74, 6) is -0.708. The molecule has 3 rings (SSSR count). The molecule has 2 aromatic carbocycles. The van der Waals surface area contributed by atoms with Crippen LogP contribution in [0.2, 0.25) is 0 Å². The molecule has 0 aromatic heterocycles. The monoisotopic (exact) mass is 440 g/mol. The normalized spacial score (nSPS) is 17.0. The number of aliphatic hydroxyl groups is 2. The van der Waals surface area contributed by atoms with Crippen LogP contribution < -0.4 is 4.74 Å². The zero-order valence-electron chi connectivity index (χ0n) is 18.3. The van der Waals surface area contributed by atoms with Gasteiger partial charge in [0, 0.05) is 17.6 Å². The summed E-state index contributed by atoms with van der Waals surface area (Å²) < 4.78 is 20.1. The Bertz CT molecular complexity index is 1010. The van der Waals surface area contributed by atoms with Crippen LogP contribution in [-0.4, -0.2) is 39.1 Å². The Morgan fingerprint density at radius 3 is 2.38 bits per heavy atom. The summed E-state index contributed by atoms with van der Waals surface area (Å²) in [6.07, 6.45) is 1.97. The topological polar surface area (TPSA) is 87.0 Å². The Balaban J connectivity index is 2.12. The van der Waals surface area contributed by atoms with E-state index in [0.717, 1.165) is 28.0 Å². The number of benzene rings is 2. The fourth-order valence-electron chi connectivity index (χ4n) is 4.19. The number of hydrogen-bond donors (Lipinski definition) is 3. The molecule has 1 aliphatic rings. The molecule has 0 amide bonds. The Morgan fingerprint density at radius 2 is 1.75 bits per heavy atom. The molecule has 0 aliphatic carbocycles. The van der Waals surface area contributed by atoms with E-state index in [1.807, 2.05) is 38.1 Å². The third-order valence-electron chi connectivity index (χ3n) is 5.91. The summed E-state index contributed by atoms with van der Waals surface area (Å²) in [5.41, 5.74) is 2.78. The number of hydrogen-bond acceptors (Lipinski definition) is 4. The summed E-state index contributed by atoms with van der Waals surface area (Å²) in [6, 6.07) is 14.0. The van der Waals surface area contributed by atoms with Crippen LogP contribution in [-0.2, 0) is 4.79 Å². The molecule has 3 N–H and O–H groups in total. The molecule has 2 atom stereocenters. The van der Waals surface area contributed by atoms with Crippen molar-refractivity contribution in [1.82, 2.24) is 0 Å². The number of carbonyl (C=O) groups is 1. The lowest BCUT2D eigenvalue weighted by molar-refractivity contribution is -0.139. The zero-order valence-corrected chi connectivity index (χ0v) is 18.3. The highest BCUT2D eigenvalue weighted by Crippen LogP contribution is 2.47. The van der Waals surface area contributed by atoms with Crippen molar-refractivity contribution in [1.29, 1.82) is 0 Å². The van der Waals surface area contributed by atoms with E-state index in [1.54, 1.807) is 24.3 Å². The number of aliphatic carboxylic acids is 1. The van der Waals surface area contributed by atoms with Crippen molar-refractivity contribution in [3.05, 3.63) is 83.2 Å². The van der Waals surface area contributed by atoms with Crippen LogP contribution in [0.25, 0.3) is 5.57 Å². The number of ether oxygens (including phenoxy) is 1. The molecule has 0 radical (unpaired) electrons. The first-order valence-electron chi connectivity index (χ1n) is 10.8. The Morgan fingerprint density at radius 1 is 1.09 bits per heavy atom. The van der Waals surface area contributed by atoms with Gasteiger partial charge in [0.1, 0.15) is 17.2 Å². The number of carboxylic acid groups (broad SMARTS) is 1. The van der Waals surface area contributed by atoms with Crippen LogP contribution in [0, 0.1) is 5.82 Å². The van der Waals surface area contributed by atoms with Crippen molar-refractivity contribution in [3.63, 3.8) is 0 Å². The number of halogens is 1. The van der Waals surface area contributed by atoms with Crippen LogP contribution in [0.1, 0.15) is 50.7 Å². The van der Waals surface area contributed by atoms with Gasteiger partial charge in [-0.15, -0.1) is 0 Å². The molecular weight excluding hydrogens is 411 g/mol. The van der Waals surface area contributed by atoms with Gasteiger partial charge in [0.2, 0.25) is 0 Å². The van der Waals surface area contributed by atoms with Crippen molar-refractivity contribution in [3.8, 4) is 5.75 Å². The molecule has 0 spiro atoms. The molecule has 32 heavy (non-hydrogen) atoms. The van der Waals surface area contributed by atoms with E-state index in [0.29, 0.717) is 12.8 Å². The second kappa shape index (κ2) is 10.1. The van der Waals surface area contributed by atoms with Gasteiger partial charge in [0.15, 0.2) is 0 Å². The van der Waals surface area contributed by atoms with E-state index in [9.17, 15) is 19.4 Å². The summed E-state index contributed by atoms with van der Waals surface area (Å²) in [4.78, 5) is 10.8. The smallest absolute Gasteiger partial charge is 0.305 e. The summed E-state index contributed by atoms with van der Waals surface area (Å²) in [6.45, 7) is 4.06. The first-order chi connectivity index (χ1) is 15.3. The fourth-order valence-corrected chi connectivity index (χ4v) is 4.19. The summed E-state index contributed by atoms with van der Waals surface area (Å²) in [7, 11) is 0. The van der Waals surface area contributed by atoms with Crippen LogP contribution in [0.4, 0.5) is 4.39 Å². The third-order valence-corrected chi connectivity index (χ3v) is 5.91. The maximum atomic E-state index is 13.6. The summed E-state index contributed by atoms with van der Waals surface area (Å²) in [5, 5.41) is 29.1. The van der Waals surface area contributed by atoms with Gasteiger partial charge in [-0.2, -0.15) is 0 Å². The van der Waals surface area contributed by atoms with Crippen LogP contribution in [0.5, 0.6) is 5.75 Å². The van der Waals surface area contributed by atoms with Crippen LogP contribution >= 0.6 is 0 Å². The lowest BCUT2D eigenvalue weighted by Gasteiger charge is -2.40. The number of para-hydroxylation sites is 1. The lowest BCUT2D eigenvalue weighted by atomic mass is 9.77. The van der Waals surface area contributed by atoms with Gasteiger partial charge in [-0.3, -0.25) is 4.79 Å². The van der Waals surface area contributed by atoms with E-state index in [-0.39, 0.29) is 12.2 Å². The number of aliphatic hydroxyl groups excluding tert-OH is 2. The minimum absolute atomic E-state index is 0.0926. The van der Waals surface area contributed by atoms with Crippen molar-refractivity contribution >= 4 is 11.5 Å². The van der Waals surface area contributed by atoms with E-state index >= 15 is 0 Å². The van der Waals surface area contributed by atoms with E-state index in [1.165, 1.54) is 12.1 Å². The van der Waals surface area contributed by atoms with E-state index in [2.05, 4.69) is 0 Å². The Kier molecular flexibility index (Phi) is 7.48. The predicted molar refractivity (Wildman–Crippen MR) is 121 cm³/mol. The van der Waals surface area contributed by atoms with E-state index in [4.69, 9.17) is 9.84 Å². The number of rotatable bonds is 9. The van der Waals surface area contributed by atoms with Gasteiger partial charge in [-0.1, -0.05) is 56.3 Å². The van der Waals surface area contributed by atoms with Gasteiger partial charge < -0.3 is 20.1 Å². The molecule has 0 bridgehead atoms. The highest BCUT2D eigenvalue weighted by atomic mass is 19.1. The number of carboxylic acids is 1. The second-order valence-electron chi connectivity index (χ2n) is 8.01. The maximum Gasteiger partial charge on any atom is 0.305 e. The van der Waals surface area contributed by atoms with Crippen molar-refractivity contribution in [2.45, 2.75) is 57.3 Å². The minimum Gasteiger partial charge on any atom is -0.482 e. The molecule has 0 saturated carbocycles. The lowest BCUT2D eigenvalue weighted by Crippen LogP contribution is -2.39. The van der Waals surface area contributed by atoms with Gasteiger partial charge >= 0.3 is 5.97 Å². The fraction of sp³-hybridized carbons (Fsp3) is 0.346. The molecular formula is C26H29FO5. The summed E-state index contributed by atoms with van der Waals surface area (Å²) >= 11 is 0. The van der Waals surface area contributed by atoms with Gasteiger partial charge in [-0.05, 0) is 42.2 Å². The quantitative estimate of drug-likeness (QED) is 0.525. The largest absolute Gasteiger partial charge is 0.482 e. The SMILES string of the molecule is CCC1(CC)Oc2ccccc2C(c2ccc(F)cc2)=C1C=C[C@@H](O)C[C@@H](O)CC(=O)O. The molecule has 0 unspecified atom stereocenters. The Labute approximate surface area is 187 Å². The van der Waals surface area contributed by atoms with Crippen molar-refractivity contribution in [2.75, 3.05) is 0 Å². The molecule has 0 saturated heterocycles. The standard InChI is InChI=1S/C26H29FO5/c1-3-26(4-2)22(14-13-19(28)15-20(29)16-24(30)31)25(17-9-11-18(27)12-10-17)21-7-5-6-8-23(21)32-26/h5-14,19-20,28-29H,3-4,15-16H2,1-2H3,(H,30,31)/t19-,20-/m1/s1. The highest BCUT2D eigenvalue weighted by Gasteiger charge is 2.39. The molecule has 170 valence electrons. The number of fused-ring (bicyclic) bond motifs is 1. The predicted octanol–water partition coefficient (Wildman–Crippen LogP) is 4.72. The maximum absolute atomic E-state index is 13.6. The highest BCUT2D eigenvalue weighted by molar-refractivity contribution is 5.88. The third kappa shape index (κ3) is 5.09. The molecule has 6 heteroatoms. The molecule has 2 aromatic rings. The van der Waals surface area contributed by atoms with Crippen molar-refractivity contribution in [2.24, 2.45) is 0 Å². The average Bonchev–Trinajstić information content (AvgIpc) is 2.76. The first kappa shape index (κ1) is 23.7. The zero-order chi connectivity index (χ0) is 23.3. The molecule has 1 aliphatic heterocycles. The van der Waals surface area contributed by atoms with Gasteiger partial charge in [-0.25, -0.2) is 4.39 Å². The van der Waals surface area contributed by atoms with E-state index < -0.39 is 30.2 Å². The van der Waals surface area contributed by atoms with Crippen LogP contribution in [0.3, 0.4) is 0 Å². The minimum atomic E-state index is -1.15. The molecule has 5 nitrogen and oxygen atoms in total. The molecule has 1 heterocycles. The second-order valence-corrected chi connectivity index (χ2v) is 8.01. The van der Waals surface area contributed by atoms with Crippen LogP contribution in [0.15, 0.2) is 66.3 Å². The van der Waals surface area contributed by atoms with Gasteiger partial charge in [0.25, 0.3) is 0 Å². The average molecular weight is 441 g/mol.